The Labute approximate surface area is 688 Å². The summed E-state index contributed by atoms with van der Waals surface area (Å²) in [7, 11) is 2.02. The number of esters is 8. The van der Waals surface area contributed by atoms with Gasteiger partial charge in [-0.15, -0.1) is 47.0 Å². The van der Waals surface area contributed by atoms with Crippen LogP contribution in [0, 0.1) is 0 Å². The van der Waals surface area contributed by atoms with Gasteiger partial charge >= 0.3 is 47.8 Å². The molecule has 0 saturated heterocycles. The van der Waals surface area contributed by atoms with Gasteiger partial charge in [-0.3, -0.25) is 38.4 Å². The molecule has 0 aromatic rings. The zero-order valence-electron chi connectivity index (χ0n) is 71.5. The molecular formula is C87H163N3O16S4. The molecule has 0 N–H and O–H groups in total. The second kappa shape index (κ2) is 81.2. The van der Waals surface area contributed by atoms with Crippen molar-refractivity contribution in [3.63, 3.8) is 0 Å². The topological polar surface area (TPSA) is 220 Å². The van der Waals surface area contributed by atoms with Gasteiger partial charge in [0.1, 0.15) is 52.9 Å². The van der Waals surface area contributed by atoms with Gasteiger partial charge in [0.2, 0.25) is 0 Å². The maximum atomic E-state index is 13.1. The molecule has 0 rings (SSSR count). The predicted molar refractivity (Wildman–Crippen MR) is 461 cm³/mol. The molecule has 23 heteroatoms. The van der Waals surface area contributed by atoms with Crippen molar-refractivity contribution in [1.82, 2.24) is 14.7 Å². The van der Waals surface area contributed by atoms with Gasteiger partial charge in [0.25, 0.3) is 0 Å². The summed E-state index contributed by atoms with van der Waals surface area (Å²) in [6.07, 6.45) is 52.0. The van der Waals surface area contributed by atoms with Gasteiger partial charge in [0.15, 0.2) is 0 Å². The van der Waals surface area contributed by atoms with Crippen LogP contribution in [-0.2, 0) is 76.3 Å². The summed E-state index contributed by atoms with van der Waals surface area (Å²) < 4.78 is 43.9. The summed E-state index contributed by atoms with van der Waals surface area (Å²) in [5.41, 5.74) is 0. The Balaban J connectivity index is 5.53. The van der Waals surface area contributed by atoms with Crippen molar-refractivity contribution >= 4 is 94.8 Å². The lowest BCUT2D eigenvalue weighted by molar-refractivity contribution is -0.152. The van der Waals surface area contributed by atoms with E-state index in [1.165, 1.54) is 205 Å². The summed E-state index contributed by atoms with van der Waals surface area (Å²) in [6.45, 7) is 19.8. The molecule has 19 nitrogen and oxygen atoms in total. The number of carbonyl (C=O) groups excluding carboxylic acids is 8. The average molecular weight is 1640 g/mol. The zero-order chi connectivity index (χ0) is 80.8. The summed E-state index contributed by atoms with van der Waals surface area (Å²) in [5, 5.41) is -1.24. The highest BCUT2D eigenvalue weighted by molar-refractivity contribution is 8.01. The molecular weight excluding hydrogens is 1470 g/mol. The molecule has 0 aromatic heterocycles. The fourth-order valence-corrected chi connectivity index (χ4v) is 16.2. The molecule has 646 valence electrons. The number of ether oxygens (including phenoxy) is 8. The first-order chi connectivity index (χ1) is 53.5. The van der Waals surface area contributed by atoms with E-state index in [9.17, 15) is 38.4 Å². The molecule has 4 atom stereocenters. The van der Waals surface area contributed by atoms with Crippen LogP contribution in [0.15, 0.2) is 0 Å². The number of nitrogens with zero attached hydrogens (tertiary/aromatic N) is 3. The smallest absolute Gasteiger partial charge is 0.318 e. The molecule has 0 aliphatic rings. The van der Waals surface area contributed by atoms with Crippen molar-refractivity contribution < 1.29 is 76.3 Å². The molecule has 0 aliphatic heterocycles. The van der Waals surface area contributed by atoms with Crippen LogP contribution in [0.5, 0.6) is 0 Å². The lowest BCUT2D eigenvalue weighted by Crippen LogP contribution is -2.34. The Morgan fingerprint density at radius 2 is 0.400 bits per heavy atom. The second-order valence-electron chi connectivity index (χ2n) is 30.0. The predicted octanol–water partition coefficient (Wildman–Crippen LogP) is 20.4. The zero-order valence-corrected chi connectivity index (χ0v) is 74.8. The van der Waals surface area contributed by atoms with Gasteiger partial charge in [-0.25, -0.2) is 0 Å². The number of unbranched alkanes of at least 4 members (excludes halogenated alkanes) is 36. The maximum absolute atomic E-state index is 13.1. The molecule has 0 aliphatic carbocycles. The van der Waals surface area contributed by atoms with E-state index in [2.05, 4.69) is 32.6 Å². The molecule has 0 spiro atoms. The Morgan fingerprint density at radius 1 is 0.227 bits per heavy atom. The Morgan fingerprint density at radius 3 is 0.591 bits per heavy atom. The van der Waals surface area contributed by atoms with Crippen molar-refractivity contribution in [1.29, 1.82) is 0 Å². The van der Waals surface area contributed by atoms with Crippen molar-refractivity contribution in [3.8, 4) is 0 Å². The largest absolute Gasteiger partial charge is 0.462 e. The first-order valence-electron chi connectivity index (χ1n) is 44.4. The van der Waals surface area contributed by atoms with E-state index in [0.717, 1.165) is 74.4 Å². The van der Waals surface area contributed by atoms with Crippen LogP contribution in [-0.4, -0.2) is 219 Å². The first-order valence-corrected chi connectivity index (χ1v) is 48.6. The van der Waals surface area contributed by atoms with E-state index in [1.54, 1.807) is 47.0 Å². The van der Waals surface area contributed by atoms with Crippen molar-refractivity contribution in [2.75, 3.05) is 135 Å². The quantitative estimate of drug-likeness (QED) is 0.0314. The van der Waals surface area contributed by atoms with Crippen LogP contribution in [0.2, 0.25) is 0 Å². The van der Waals surface area contributed by atoms with Crippen LogP contribution in [0.25, 0.3) is 0 Å². The number of rotatable bonds is 84. The third-order valence-electron chi connectivity index (χ3n) is 19.7. The van der Waals surface area contributed by atoms with E-state index >= 15 is 0 Å². The Bertz CT molecular complexity index is 1910. The van der Waals surface area contributed by atoms with E-state index in [1.807, 2.05) is 44.5 Å². The molecule has 0 bridgehead atoms. The second-order valence-corrected chi connectivity index (χ2v) is 35.8. The molecule has 0 heterocycles. The standard InChI is InChI=1S/C87H163N3O16S4/c1-10-14-18-22-26-30-34-38-42-46-72-107-76(5)84(95)103-68-64-99-80(91)52-60-89(61-53-81(92)100-65-69-104-85(96)77(6)108-73-47-43-39-35-31-27-23-19-15-11-2)58-50-56-88(9)57-51-59-90(62-54-82(93)101-66-70-105-86(97)78(7)109-74-48-44-40-36-32-28-24-20-16-12-3)63-55-83(94)102-67-71-106-87(98)79(8)110-75-49-45-41-37-33-29-25-21-17-13-4/h76-79H,10-75H2,1-9H3. The molecule has 0 aromatic carbocycles. The third kappa shape index (κ3) is 72.7. The number of hydrogen-bond donors (Lipinski definition) is 0. The monoisotopic (exact) mass is 1630 g/mol. The van der Waals surface area contributed by atoms with Gasteiger partial charge in [-0.2, -0.15) is 0 Å². The van der Waals surface area contributed by atoms with Crippen LogP contribution < -0.4 is 0 Å². The minimum atomic E-state index is -0.442. The number of hydrogen-bond acceptors (Lipinski definition) is 23. The fourth-order valence-electron chi connectivity index (χ4n) is 12.5. The normalized spacial score (nSPS) is 12.6. The van der Waals surface area contributed by atoms with Crippen molar-refractivity contribution in [3.05, 3.63) is 0 Å². The Kier molecular flexibility index (Phi) is 79.0. The van der Waals surface area contributed by atoms with E-state index in [0.29, 0.717) is 65.2 Å². The SMILES string of the molecule is CCCCCCCCCCCCSC(C)C(=O)OCCOC(=O)CCN(CCCN(C)CCCN(CCC(=O)OCCOC(=O)C(C)SCCCCCCCCCCCC)CCC(=O)OCCOC(=O)C(C)SCCCCCCCCCCCC)CCC(=O)OCCOC(=O)C(C)SCCCCCCCCCCCC. The number of carbonyl (C=O) groups is 8. The van der Waals surface area contributed by atoms with Gasteiger partial charge in [-0.05, 0) is 122 Å². The molecule has 110 heavy (non-hydrogen) atoms. The molecule has 0 saturated carbocycles. The van der Waals surface area contributed by atoms with E-state index < -0.39 is 23.9 Å². The summed E-state index contributed by atoms with van der Waals surface area (Å²) in [6, 6.07) is 0. The summed E-state index contributed by atoms with van der Waals surface area (Å²) in [5.74, 6) is 0.532. The van der Waals surface area contributed by atoms with Crippen LogP contribution in [0.3, 0.4) is 0 Å². The Hall–Kier alpha value is -2.96. The van der Waals surface area contributed by atoms with Crippen LogP contribution in [0.4, 0.5) is 0 Å². The minimum Gasteiger partial charge on any atom is -0.462 e. The van der Waals surface area contributed by atoms with Crippen molar-refractivity contribution in [2.45, 2.75) is 372 Å². The molecule has 0 radical (unpaired) electrons. The molecule has 0 amide bonds. The van der Waals surface area contributed by atoms with Crippen molar-refractivity contribution in [2.24, 2.45) is 0 Å². The van der Waals surface area contributed by atoms with Gasteiger partial charge < -0.3 is 52.6 Å². The first kappa shape index (κ1) is 107. The summed E-state index contributed by atoms with van der Waals surface area (Å²) >= 11 is 6.38. The highest BCUT2D eigenvalue weighted by Gasteiger charge is 2.21. The van der Waals surface area contributed by atoms with E-state index in [4.69, 9.17) is 37.9 Å². The molecule has 0 fully saturated rings. The highest BCUT2D eigenvalue weighted by atomic mass is 32.2. The lowest BCUT2D eigenvalue weighted by Gasteiger charge is -2.25. The molecule has 4 unspecified atom stereocenters. The summed E-state index contributed by atoms with van der Waals surface area (Å²) in [4.78, 5) is 110. The third-order valence-corrected chi connectivity index (χ3v) is 24.6. The van der Waals surface area contributed by atoms with Gasteiger partial charge in [-0.1, -0.05) is 259 Å². The van der Waals surface area contributed by atoms with Crippen LogP contribution in [0.1, 0.15) is 351 Å². The average Bonchev–Trinajstić information content (AvgIpc) is 0.958. The van der Waals surface area contributed by atoms with Gasteiger partial charge in [0, 0.05) is 26.2 Å². The maximum Gasteiger partial charge on any atom is 0.318 e. The van der Waals surface area contributed by atoms with Gasteiger partial charge in [0.05, 0.1) is 46.7 Å². The van der Waals surface area contributed by atoms with E-state index in [-0.39, 0.29) is 123 Å². The van der Waals surface area contributed by atoms with Crippen LogP contribution >= 0.6 is 47.0 Å². The number of thioether (sulfide) groups is 4. The highest BCUT2D eigenvalue weighted by Crippen LogP contribution is 2.22. The lowest BCUT2D eigenvalue weighted by atomic mass is 10.1. The fraction of sp³-hybridized carbons (Fsp3) is 0.908. The minimum absolute atomic E-state index is 0.0319.